The van der Waals surface area contributed by atoms with Crippen molar-refractivity contribution in [1.29, 1.82) is 0 Å². The zero-order valence-corrected chi connectivity index (χ0v) is 20.4. The van der Waals surface area contributed by atoms with Crippen molar-refractivity contribution in [3.8, 4) is 0 Å². The van der Waals surface area contributed by atoms with Gasteiger partial charge in [0.1, 0.15) is 5.36 Å². The molecular formula is C23H18N4O8S2. The van der Waals surface area contributed by atoms with Gasteiger partial charge in [-0.2, -0.15) is 10.2 Å². The summed E-state index contributed by atoms with van der Waals surface area (Å²) in [5, 5.41) is 16.5. The number of benzene rings is 3. The topological polar surface area (TPSA) is 192 Å². The molecular weight excluding hydrogens is 524 g/mol. The predicted molar refractivity (Wildman–Crippen MR) is 137 cm³/mol. The molecule has 0 aromatic heterocycles. The summed E-state index contributed by atoms with van der Waals surface area (Å²) in [5.41, 5.74) is 2.73. The van der Waals surface area contributed by atoms with Gasteiger partial charge in [0.15, 0.2) is 26.3 Å². The van der Waals surface area contributed by atoms with Gasteiger partial charge in [-0.15, -0.1) is 0 Å². The molecule has 0 aliphatic heterocycles. The smallest absolute Gasteiger partial charge is 0.338 e. The van der Waals surface area contributed by atoms with E-state index in [1.54, 1.807) is 0 Å². The Morgan fingerprint density at radius 2 is 1.57 bits per heavy atom. The van der Waals surface area contributed by atoms with Crippen LogP contribution in [0, 0.1) is 0 Å². The quantitative estimate of drug-likeness (QED) is 0.223. The predicted octanol–water partition coefficient (Wildman–Crippen LogP) is 0.946. The molecule has 0 saturated heterocycles. The van der Waals surface area contributed by atoms with Gasteiger partial charge < -0.3 is 9.66 Å². The van der Waals surface area contributed by atoms with Crippen molar-refractivity contribution in [3.05, 3.63) is 115 Å². The molecule has 0 aliphatic rings. The van der Waals surface area contributed by atoms with E-state index in [-0.39, 0.29) is 26.7 Å². The maximum absolute atomic E-state index is 13.0. The summed E-state index contributed by atoms with van der Waals surface area (Å²) in [6, 6.07) is 11.9. The third kappa shape index (κ3) is 6.19. The van der Waals surface area contributed by atoms with Gasteiger partial charge in [-0.3, -0.25) is 20.4 Å². The minimum absolute atomic E-state index is 0.0905. The highest BCUT2D eigenvalue weighted by Crippen LogP contribution is 2.19. The Kier molecular flexibility index (Phi) is 8.07. The second kappa shape index (κ2) is 11.0. The van der Waals surface area contributed by atoms with E-state index >= 15 is 0 Å². The number of hydrogen-bond acceptors (Lipinski definition) is 10. The molecule has 0 amide bonds. The molecule has 190 valence electrons. The van der Waals surface area contributed by atoms with Crippen molar-refractivity contribution in [2.75, 3.05) is 10.9 Å². The molecule has 1 atom stereocenters. The summed E-state index contributed by atoms with van der Waals surface area (Å²) in [6.45, 7) is 6.74. The van der Waals surface area contributed by atoms with Crippen molar-refractivity contribution in [3.63, 3.8) is 0 Å². The number of sulfone groups is 1. The molecule has 3 aromatic rings. The summed E-state index contributed by atoms with van der Waals surface area (Å²) in [7, 11) is -3.75. The molecule has 0 aliphatic carbocycles. The van der Waals surface area contributed by atoms with E-state index in [4.69, 9.17) is 0 Å². The van der Waals surface area contributed by atoms with Crippen LogP contribution in [-0.4, -0.2) is 28.3 Å². The number of nitrogens with one attached hydrogen (secondary N) is 2. The van der Waals surface area contributed by atoms with E-state index in [0.717, 1.165) is 5.41 Å². The van der Waals surface area contributed by atoms with Gasteiger partial charge >= 0.3 is 5.97 Å². The van der Waals surface area contributed by atoms with E-state index in [9.17, 15) is 36.7 Å². The molecule has 37 heavy (non-hydrogen) atoms. The Morgan fingerprint density at radius 3 is 2.16 bits per heavy atom. The fourth-order valence-corrected chi connectivity index (χ4v) is 4.02. The van der Waals surface area contributed by atoms with Crippen molar-refractivity contribution >= 4 is 43.2 Å². The standard InChI is InChI=1S/C23H18N4O8S2/c1-3-37(34,35)17-9-5-8-16(11-17)25-27-21-19(28)12-18(23(30)31)20(22(21)29)26-24-15-7-4-6-14(10-15)13(2)36(32)33/h3-12,24-25H,1-2H2,(H,30,31)(H,32,33)/b26-20-,27-21+. The maximum atomic E-state index is 13.0. The third-order valence-electron chi connectivity index (χ3n) is 4.80. The first-order valence-corrected chi connectivity index (χ1v) is 12.7. The lowest BCUT2D eigenvalue weighted by molar-refractivity contribution is 0.0694. The van der Waals surface area contributed by atoms with E-state index < -0.39 is 54.0 Å². The molecule has 1 unspecified atom stereocenters. The number of nitrogens with zero attached hydrogens (tertiary/aromatic N) is 2. The molecule has 14 heteroatoms. The normalized spacial score (nSPS) is 13.1. The minimum Gasteiger partial charge on any atom is -0.478 e. The van der Waals surface area contributed by atoms with Crippen LogP contribution < -0.4 is 32.4 Å². The number of carboxylic acids is 1. The van der Waals surface area contributed by atoms with Crippen LogP contribution in [-0.2, 0) is 20.9 Å². The van der Waals surface area contributed by atoms with Gasteiger partial charge in [-0.05, 0) is 35.9 Å². The molecule has 4 N–H and O–H groups in total. The van der Waals surface area contributed by atoms with Gasteiger partial charge in [-0.25, -0.2) is 17.4 Å². The summed E-state index contributed by atoms with van der Waals surface area (Å²) in [6.07, 6.45) is 0. The number of carboxylic acid groups (broad SMARTS) is 1. The average Bonchev–Trinajstić information content (AvgIpc) is 2.87. The lowest BCUT2D eigenvalue weighted by Crippen LogP contribution is -2.50. The molecule has 0 heterocycles. The molecule has 12 nitrogen and oxygen atoms in total. The van der Waals surface area contributed by atoms with Crippen LogP contribution in [0.4, 0.5) is 11.4 Å². The Labute approximate surface area is 211 Å². The van der Waals surface area contributed by atoms with Gasteiger partial charge in [0.05, 0.1) is 26.7 Å². The lowest BCUT2D eigenvalue weighted by Gasteiger charge is -2.05. The fourth-order valence-electron chi connectivity index (χ4n) is 2.94. The van der Waals surface area contributed by atoms with Crippen LogP contribution in [0.2, 0.25) is 0 Å². The van der Waals surface area contributed by atoms with Crippen molar-refractivity contribution in [1.82, 2.24) is 0 Å². The Morgan fingerprint density at radius 1 is 0.973 bits per heavy atom. The summed E-state index contributed by atoms with van der Waals surface area (Å²) in [5.74, 6) is -1.59. The van der Waals surface area contributed by atoms with E-state index in [0.29, 0.717) is 6.07 Å². The monoisotopic (exact) mass is 542 g/mol. The summed E-state index contributed by atoms with van der Waals surface area (Å²) < 4.78 is 44.4. The largest absolute Gasteiger partial charge is 0.478 e. The number of hydrogen-bond donors (Lipinski definition) is 4. The number of carbonyl (C=O) groups is 1. The Balaban J connectivity index is 2.09. The van der Waals surface area contributed by atoms with Gasteiger partial charge in [0.25, 0.3) is 0 Å². The number of aromatic carboxylic acids is 1. The van der Waals surface area contributed by atoms with Gasteiger partial charge in [0, 0.05) is 11.5 Å². The van der Waals surface area contributed by atoms with Crippen molar-refractivity contribution in [2.45, 2.75) is 4.90 Å². The molecule has 3 aromatic carbocycles. The summed E-state index contributed by atoms with van der Waals surface area (Å²) >= 11 is -2.33. The van der Waals surface area contributed by atoms with Gasteiger partial charge in [-0.1, -0.05) is 31.4 Å². The molecule has 0 fully saturated rings. The number of anilines is 2. The van der Waals surface area contributed by atoms with Crippen molar-refractivity contribution < 1.29 is 27.1 Å². The highest BCUT2D eigenvalue weighted by molar-refractivity contribution is 7.94. The minimum atomic E-state index is -3.75. The van der Waals surface area contributed by atoms with Crippen LogP contribution in [0.3, 0.4) is 0 Å². The highest BCUT2D eigenvalue weighted by atomic mass is 32.2. The van der Waals surface area contributed by atoms with Crippen LogP contribution in [0.25, 0.3) is 4.91 Å². The molecule has 0 bridgehead atoms. The van der Waals surface area contributed by atoms with E-state index in [1.807, 2.05) is 0 Å². The average molecular weight is 543 g/mol. The maximum Gasteiger partial charge on any atom is 0.338 e. The Hall–Kier alpha value is -4.53. The van der Waals surface area contributed by atoms with E-state index in [2.05, 4.69) is 34.2 Å². The first-order valence-electron chi connectivity index (χ1n) is 10.0. The third-order valence-corrected chi connectivity index (χ3v) is 6.80. The second-order valence-corrected chi connectivity index (χ2v) is 10.1. The van der Waals surface area contributed by atoms with Gasteiger partial charge in [0.2, 0.25) is 10.9 Å². The summed E-state index contributed by atoms with van der Waals surface area (Å²) in [4.78, 5) is 36.9. The molecule has 3 rings (SSSR count). The zero-order chi connectivity index (χ0) is 27.3. The molecule has 0 saturated carbocycles. The highest BCUT2D eigenvalue weighted by Gasteiger charge is 2.15. The van der Waals surface area contributed by atoms with Crippen molar-refractivity contribution in [2.24, 2.45) is 10.2 Å². The lowest BCUT2D eigenvalue weighted by atomic mass is 10.2. The van der Waals surface area contributed by atoms with E-state index in [1.165, 1.54) is 48.5 Å². The Bertz CT molecular complexity index is 1790. The zero-order valence-electron chi connectivity index (χ0n) is 18.7. The second-order valence-electron chi connectivity index (χ2n) is 7.19. The van der Waals surface area contributed by atoms with Crippen LogP contribution in [0.1, 0.15) is 15.9 Å². The SMILES string of the molecule is C=CS(=O)(=O)c1cccc(N/N=c2\c(=O)cc(C(=O)O)/c(=N/Nc3cccc(C(=C)S(=O)O)c3)c2=O)c1. The molecule has 0 radical (unpaired) electrons. The van der Waals surface area contributed by atoms with Crippen LogP contribution in [0.15, 0.2) is 97.9 Å². The number of rotatable bonds is 9. The molecule has 0 spiro atoms. The first-order chi connectivity index (χ1) is 17.4. The first kappa shape index (κ1) is 27.1. The fraction of sp³-hybridized carbons (Fsp3) is 0. The van der Waals surface area contributed by atoms with Crippen LogP contribution in [0.5, 0.6) is 0 Å². The van der Waals surface area contributed by atoms with Crippen LogP contribution >= 0.6 is 0 Å².